The first-order valence-corrected chi connectivity index (χ1v) is 11.6. The zero-order chi connectivity index (χ0) is 19.6. The number of carbonyl (C=O) groups excluding carboxylic acids is 2. The number of benzene rings is 1. The van der Waals surface area contributed by atoms with E-state index in [-0.39, 0.29) is 35.3 Å². The Balaban J connectivity index is 1.68. The van der Waals surface area contributed by atoms with Gasteiger partial charge >= 0.3 is 0 Å². The zero-order valence-corrected chi connectivity index (χ0v) is 17.0. The van der Waals surface area contributed by atoms with E-state index in [4.69, 9.17) is 11.6 Å². The molecule has 3 rings (SSSR count). The Morgan fingerprint density at radius 1 is 1.22 bits per heavy atom. The molecule has 1 aromatic carbocycles. The van der Waals surface area contributed by atoms with Gasteiger partial charge in [0.1, 0.15) is 0 Å². The van der Waals surface area contributed by atoms with Crippen LogP contribution >= 0.6 is 11.6 Å². The second-order valence-electron chi connectivity index (χ2n) is 7.28. The number of hydrogen-bond donors (Lipinski definition) is 0. The number of sulfone groups is 1. The van der Waals surface area contributed by atoms with E-state index < -0.39 is 9.84 Å². The van der Waals surface area contributed by atoms with Gasteiger partial charge in [0, 0.05) is 36.3 Å². The van der Waals surface area contributed by atoms with Crippen molar-refractivity contribution in [2.75, 3.05) is 31.1 Å². The molecule has 8 heteroatoms. The van der Waals surface area contributed by atoms with Crippen LogP contribution in [0.2, 0.25) is 5.02 Å². The second kappa shape index (κ2) is 8.19. The van der Waals surface area contributed by atoms with Crippen LogP contribution < -0.4 is 0 Å². The van der Waals surface area contributed by atoms with Gasteiger partial charge in [-0.15, -0.1) is 0 Å². The number of rotatable bonds is 4. The third kappa shape index (κ3) is 4.63. The molecule has 2 fully saturated rings. The molecule has 1 aromatic rings. The van der Waals surface area contributed by atoms with Crippen LogP contribution in [-0.2, 0) is 14.6 Å². The smallest absolute Gasteiger partial charge is 0.253 e. The molecule has 0 saturated carbocycles. The average molecular weight is 413 g/mol. The van der Waals surface area contributed by atoms with Crippen molar-refractivity contribution in [3.05, 3.63) is 34.9 Å². The molecule has 2 amide bonds. The fourth-order valence-electron chi connectivity index (χ4n) is 3.99. The molecule has 0 N–H and O–H groups in total. The molecule has 2 atom stereocenters. The van der Waals surface area contributed by atoms with Gasteiger partial charge in [-0.25, -0.2) is 8.42 Å². The Kier molecular flexibility index (Phi) is 6.11. The van der Waals surface area contributed by atoms with Gasteiger partial charge in [-0.1, -0.05) is 11.6 Å². The highest BCUT2D eigenvalue weighted by Gasteiger charge is 2.38. The molecule has 6 nitrogen and oxygen atoms in total. The zero-order valence-electron chi connectivity index (χ0n) is 15.4. The molecule has 0 radical (unpaired) electrons. The van der Waals surface area contributed by atoms with E-state index in [1.54, 1.807) is 34.1 Å². The summed E-state index contributed by atoms with van der Waals surface area (Å²) in [7, 11) is -3.05. The molecule has 148 valence electrons. The van der Waals surface area contributed by atoms with Crippen molar-refractivity contribution in [2.45, 2.75) is 32.2 Å². The van der Waals surface area contributed by atoms with Crippen molar-refractivity contribution >= 4 is 33.3 Å². The molecule has 0 aromatic heterocycles. The van der Waals surface area contributed by atoms with Crippen LogP contribution in [0.1, 0.15) is 36.5 Å². The molecular weight excluding hydrogens is 388 g/mol. The SMILES string of the molecule is CCN(C(=O)C1CCCN(C(=O)c2ccc(Cl)cc2)C1)C1CCS(=O)(=O)C1. The summed E-state index contributed by atoms with van der Waals surface area (Å²) in [4.78, 5) is 29.2. The van der Waals surface area contributed by atoms with Crippen molar-refractivity contribution < 1.29 is 18.0 Å². The maximum atomic E-state index is 13.1. The summed E-state index contributed by atoms with van der Waals surface area (Å²) >= 11 is 5.88. The monoisotopic (exact) mass is 412 g/mol. The van der Waals surface area contributed by atoms with Gasteiger partial charge in [0.2, 0.25) is 5.91 Å². The van der Waals surface area contributed by atoms with Gasteiger partial charge in [-0.2, -0.15) is 0 Å². The summed E-state index contributed by atoms with van der Waals surface area (Å²) in [5, 5.41) is 0.573. The third-order valence-electron chi connectivity index (χ3n) is 5.42. The lowest BCUT2D eigenvalue weighted by molar-refractivity contribution is -0.138. The van der Waals surface area contributed by atoms with Gasteiger partial charge in [-0.05, 0) is 50.5 Å². The highest BCUT2D eigenvalue weighted by molar-refractivity contribution is 7.91. The highest BCUT2D eigenvalue weighted by atomic mass is 35.5. The molecule has 2 aliphatic heterocycles. The lowest BCUT2D eigenvalue weighted by Gasteiger charge is -2.36. The van der Waals surface area contributed by atoms with Crippen LogP contribution in [0.5, 0.6) is 0 Å². The Morgan fingerprint density at radius 2 is 1.93 bits per heavy atom. The van der Waals surface area contributed by atoms with E-state index in [0.29, 0.717) is 36.6 Å². The molecule has 2 unspecified atom stereocenters. The minimum atomic E-state index is -3.05. The first-order valence-electron chi connectivity index (χ1n) is 9.36. The predicted octanol–water partition coefficient (Wildman–Crippen LogP) is 2.23. The molecule has 27 heavy (non-hydrogen) atoms. The average Bonchev–Trinajstić information content (AvgIpc) is 3.02. The van der Waals surface area contributed by atoms with E-state index in [0.717, 1.165) is 12.8 Å². The highest BCUT2D eigenvalue weighted by Crippen LogP contribution is 2.25. The number of carbonyl (C=O) groups is 2. The van der Waals surface area contributed by atoms with E-state index in [2.05, 4.69) is 0 Å². The van der Waals surface area contributed by atoms with E-state index in [1.165, 1.54) is 0 Å². The minimum Gasteiger partial charge on any atom is -0.339 e. The second-order valence-corrected chi connectivity index (χ2v) is 9.94. The molecule has 0 aliphatic carbocycles. The van der Waals surface area contributed by atoms with Crippen molar-refractivity contribution in [3.63, 3.8) is 0 Å². The van der Waals surface area contributed by atoms with Gasteiger partial charge in [0.05, 0.1) is 17.4 Å². The molecule has 2 aliphatic rings. The van der Waals surface area contributed by atoms with Crippen LogP contribution in [0.15, 0.2) is 24.3 Å². The molecule has 2 saturated heterocycles. The van der Waals surface area contributed by atoms with Crippen LogP contribution in [0.25, 0.3) is 0 Å². The number of amides is 2. The van der Waals surface area contributed by atoms with Crippen molar-refractivity contribution in [3.8, 4) is 0 Å². The number of hydrogen-bond acceptors (Lipinski definition) is 4. The van der Waals surface area contributed by atoms with Gasteiger partial charge < -0.3 is 9.80 Å². The maximum Gasteiger partial charge on any atom is 0.253 e. The normalized spacial score (nSPS) is 24.6. The number of nitrogens with zero attached hydrogens (tertiary/aromatic N) is 2. The summed E-state index contributed by atoms with van der Waals surface area (Å²) in [5.74, 6) is -0.220. The Hall–Kier alpha value is -1.60. The minimum absolute atomic E-state index is 0.0341. The van der Waals surface area contributed by atoms with E-state index in [9.17, 15) is 18.0 Å². The van der Waals surface area contributed by atoms with Gasteiger partial charge in [0.25, 0.3) is 5.91 Å². The Morgan fingerprint density at radius 3 is 2.52 bits per heavy atom. The van der Waals surface area contributed by atoms with Crippen molar-refractivity contribution in [1.29, 1.82) is 0 Å². The number of halogens is 1. The van der Waals surface area contributed by atoms with E-state index in [1.807, 2.05) is 6.92 Å². The molecule has 0 bridgehead atoms. The first kappa shape index (κ1) is 20.1. The molecule has 0 spiro atoms. The fourth-order valence-corrected chi connectivity index (χ4v) is 5.84. The Labute approximate surface area is 165 Å². The van der Waals surface area contributed by atoms with E-state index >= 15 is 0 Å². The summed E-state index contributed by atoms with van der Waals surface area (Å²) in [6, 6.07) is 6.51. The third-order valence-corrected chi connectivity index (χ3v) is 7.42. The summed E-state index contributed by atoms with van der Waals surface area (Å²) in [5.41, 5.74) is 0.557. The summed E-state index contributed by atoms with van der Waals surface area (Å²) in [6.45, 7) is 3.36. The largest absolute Gasteiger partial charge is 0.339 e. The van der Waals surface area contributed by atoms with Crippen molar-refractivity contribution in [1.82, 2.24) is 9.80 Å². The molecule has 2 heterocycles. The van der Waals surface area contributed by atoms with Crippen LogP contribution in [-0.4, -0.2) is 67.2 Å². The maximum absolute atomic E-state index is 13.1. The van der Waals surface area contributed by atoms with Gasteiger partial charge in [0.15, 0.2) is 9.84 Å². The fraction of sp³-hybridized carbons (Fsp3) is 0.579. The lowest BCUT2D eigenvalue weighted by Crippen LogP contribution is -2.49. The first-order chi connectivity index (χ1) is 12.8. The van der Waals surface area contributed by atoms with Crippen LogP contribution in [0.3, 0.4) is 0 Å². The number of piperidine rings is 1. The predicted molar refractivity (Wildman–Crippen MR) is 105 cm³/mol. The quantitative estimate of drug-likeness (QED) is 0.760. The summed E-state index contributed by atoms with van der Waals surface area (Å²) < 4.78 is 23.6. The van der Waals surface area contributed by atoms with Crippen molar-refractivity contribution in [2.24, 2.45) is 5.92 Å². The summed E-state index contributed by atoms with van der Waals surface area (Å²) in [6.07, 6.45) is 1.98. The van der Waals surface area contributed by atoms with Crippen LogP contribution in [0, 0.1) is 5.92 Å². The van der Waals surface area contributed by atoms with Gasteiger partial charge in [-0.3, -0.25) is 9.59 Å². The topological polar surface area (TPSA) is 74.8 Å². The molecular formula is C19H25ClN2O4S. The Bertz CT molecular complexity index is 810. The number of likely N-dealkylation sites (tertiary alicyclic amines) is 1. The lowest BCUT2D eigenvalue weighted by atomic mass is 9.95. The van der Waals surface area contributed by atoms with Crippen LogP contribution in [0.4, 0.5) is 0 Å². The standard InChI is InChI=1S/C19H25ClN2O4S/c1-2-22(17-9-11-27(25,26)13-17)19(24)15-4-3-10-21(12-15)18(23)14-5-7-16(20)8-6-14/h5-8,15,17H,2-4,9-13H2,1H3.